The van der Waals surface area contributed by atoms with Gasteiger partial charge in [-0.25, -0.2) is 0 Å². The van der Waals surface area contributed by atoms with Crippen molar-refractivity contribution in [2.24, 2.45) is 5.16 Å². The van der Waals surface area contributed by atoms with E-state index in [9.17, 15) is 0 Å². The second-order valence-electron chi connectivity index (χ2n) is 4.62. The van der Waals surface area contributed by atoms with Gasteiger partial charge in [0.15, 0.2) is 3.79 Å². The smallest absolute Gasteiger partial charge is 0.193 e. The minimum atomic E-state index is -1.35. The van der Waals surface area contributed by atoms with Crippen LogP contribution in [-0.2, 0) is 15.2 Å². The molecule has 0 aromatic heterocycles. The molecule has 1 aliphatic heterocycles. The number of oxime groups is 1. The van der Waals surface area contributed by atoms with Gasteiger partial charge in [0.05, 0.1) is 12.8 Å². The molecule has 1 heterocycles. The van der Waals surface area contributed by atoms with Crippen LogP contribution in [0, 0.1) is 0 Å². The Hall–Kier alpha value is -0.680. The molecule has 1 saturated heterocycles. The van der Waals surface area contributed by atoms with Crippen molar-refractivity contribution in [2.45, 2.75) is 22.7 Å². The van der Waals surface area contributed by atoms with Crippen LogP contribution in [0.15, 0.2) is 29.4 Å². The normalized spacial score (nSPS) is 21.5. The fraction of sp³-hybridized carbons (Fsp3) is 0.500. The van der Waals surface area contributed by atoms with Crippen LogP contribution >= 0.6 is 34.8 Å². The molecule has 0 amide bonds. The average molecular weight is 353 g/mol. The SMILES string of the molecule is CCON=CCOc1cccc(C2(CC(Cl)(Cl)Cl)CO2)c1. The maximum absolute atomic E-state index is 5.87. The summed E-state index contributed by atoms with van der Waals surface area (Å²) in [5.74, 6) is 0.703. The second kappa shape index (κ2) is 7.05. The van der Waals surface area contributed by atoms with Crippen molar-refractivity contribution >= 4 is 41.0 Å². The van der Waals surface area contributed by atoms with Crippen molar-refractivity contribution in [1.29, 1.82) is 0 Å². The third kappa shape index (κ3) is 5.22. The molecule has 2 rings (SSSR count). The Morgan fingerprint density at radius 3 is 2.81 bits per heavy atom. The number of ether oxygens (including phenoxy) is 2. The highest BCUT2D eigenvalue weighted by Crippen LogP contribution is 2.50. The van der Waals surface area contributed by atoms with E-state index in [1.165, 1.54) is 0 Å². The summed E-state index contributed by atoms with van der Waals surface area (Å²) in [5, 5.41) is 3.71. The van der Waals surface area contributed by atoms with Crippen LogP contribution in [0.2, 0.25) is 0 Å². The van der Waals surface area contributed by atoms with Crippen molar-refractivity contribution in [2.75, 3.05) is 19.8 Å². The van der Waals surface area contributed by atoms with Crippen molar-refractivity contribution in [3.63, 3.8) is 0 Å². The first kappa shape index (κ1) is 16.7. The molecule has 1 unspecified atom stereocenters. The first-order chi connectivity index (χ1) is 9.95. The van der Waals surface area contributed by atoms with Crippen LogP contribution in [-0.4, -0.2) is 29.8 Å². The molecule has 1 aromatic carbocycles. The molecule has 1 aromatic rings. The minimum Gasteiger partial charge on any atom is -0.488 e. The maximum Gasteiger partial charge on any atom is 0.193 e. The van der Waals surface area contributed by atoms with Crippen molar-refractivity contribution in [1.82, 2.24) is 0 Å². The molecule has 21 heavy (non-hydrogen) atoms. The lowest BCUT2D eigenvalue weighted by atomic mass is 9.97. The summed E-state index contributed by atoms with van der Waals surface area (Å²) in [5.41, 5.74) is 0.414. The Labute approximate surface area is 138 Å². The summed E-state index contributed by atoms with van der Waals surface area (Å²) in [7, 11) is 0. The zero-order chi connectivity index (χ0) is 15.3. The van der Waals surface area contributed by atoms with Gasteiger partial charge in [0.2, 0.25) is 0 Å². The van der Waals surface area contributed by atoms with Crippen molar-refractivity contribution < 1.29 is 14.3 Å². The number of halogens is 3. The van der Waals surface area contributed by atoms with E-state index < -0.39 is 9.39 Å². The number of hydrogen-bond donors (Lipinski definition) is 0. The number of alkyl halides is 3. The summed E-state index contributed by atoms with van der Waals surface area (Å²) in [6.07, 6.45) is 1.86. The van der Waals surface area contributed by atoms with Gasteiger partial charge < -0.3 is 14.3 Å². The molecule has 0 bridgehead atoms. The summed E-state index contributed by atoms with van der Waals surface area (Å²) in [4.78, 5) is 4.84. The molecule has 7 heteroatoms. The van der Waals surface area contributed by atoms with Crippen LogP contribution in [0.5, 0.6) is 5.75 Å². The van der Waals surface area contributed by atoms with Gasteiger partial charge in [0.1, 0.15) is 24.6 Å². The van der Waals surface area contributed by atoms with E-state index in [-0.39, 0.29) is 0 Å². The molecule has 1 atom stereocenters. The predicted molar refractivity (Wildman–Crippen MR) is 84.6 cm³/mol. The second-order valence-corrected chi connectivity index (χ2v) is 7.14. The lowest BCUT2D eigenvalue weighted by molar-refractivity contribution is 0.158. The fourth-order valence-electron chi connectivity index (χ4n) is 1.94. The summed E-state index contributed by atoms with van der Waals surface area (Å²) in [6, 6.07) is 7.55. The molecule has 0 N–H and O–H groups in total. The Balaban J connectivity index is 1.98. The highest BCUT2D eigenvalue weighted by atomic mass is 35.6. The Bertz CT molecular complexity index is 498. The van der Waals surface area contributed by atoms with E-state index in [1.807, 2.05) is 31.2 Å². The summed E-state index contributed by atoms with van der Waals surface area (Å²) in [6.45, 7) is 3.25. The lowest BCUT2D eigenvalue weighted by Crippen LogP contribution is -2.18. The van der Waals surface area contributed by atoms with E-state index in [2.05, 4.69) is 5.16 Å². The minimum absolute atomic E-state index is 0.305. The Morgan fingerprint density at radius 2 is 2.19 bits per heavy atom. The van der Waals surface area contributed by atoms with Crippen molar-refractivity contribution in [3.8, 4) is 5.75 Å². The molecule has 4 nitrogen and oxygen atoms in total. The van der Waals surface area contributed by atoms with Gasteiger partial charge in [-0.15, -0.1) is 0 Å². The van der Waals surface area contributed by atoms with E-state index in [4.69, 9.17) is 49.1 Å². The highest BCUT2D eigenvalue weighted by Gasteiger charge is 2.51. The number of nitrogens with zero attached hydrogens (tertiary/aromatic N) is 1. The molecule has 0 radical (unpaired) electrons. The lowest BCUT2D eigenvalue weighted by Gasteiger charge is -2.18. The topological polar surface area (TPSA) is 43.4 Å². The summed E-state index contributed by atoms with van der Waals surface area (Å²) < 4.78 is 9.73. The first-order valence-corrected chi connectivity index (χ1v) is 7.66. The van der Waals surface area contributed by atoms with Crippen molar-refractivity contribution in [3.05, 3.63) is 29.8 Å². The number of epoxide rings is 1. The van der Waals surface area contributed by atoms with E-state index in [0.717, 1.165) is 5.56 Å². The van der Waals surface area contributed by atoms with Crippen LogP contribution in [0.3, 0.4) is 0 Å². The molecule has 1 fully saturated rings. The molecule has 1 aliphatic rings. The summed E-state index contributed by atoms with van der Waals surface area (Å²) >= 11 is 17.6. The zero-order valence-electron chi connectivity index (χ0n) is 11.5. The van der Waals surface area contributed by atoms with E-state index in [0.29, 0.717) is 32.0 Å². The van der Waals surface area contributed by atoms with E-state index >= 15 is 0 Å². The molecule has 0 saturated carbocycles. The monoisotopic (exact) mass is 351 g/mol. The molecular weight excluding hydrogens is 337 g/mol. The third-order valence-electron chi connectivity index (χ3n) is 2.94. The number of hydrogen-bond acceptors (Lipinski definition) is 4. The number of rotatable bonds is 7. The quantitative estimate of drug-likeness (QED) is 0.321. The maximum atomic E-state index is 5.87. The third-order valence-corrected chi connectivity index (χ3v) is 3.34. The van der Waals surface area contributed by atoms with Crippen LogP contribution in [0.25, 0.3) is 0 Å². The molecule has 0 spiro atoms. The van der Waals surface area contributed by atoms with Gasteiger partial charge in [0.25, 0.3) is 0 Å². The molecule has 116 valence electrons. The van der Waals surface area contributed by atoms with Gasteiger partial charge in [-0.05, 0) is 24.6 Å². The zero-order valence-corrected chi connectivity index (χ0v) is 13.8. The Kier molecular flexibility index (Phi) is 5.60. The van der Waals surface area contributed by atoms with Gasteiger partial charge in [-0.2, -0.15) is 0 Å². The number of benzene rings is 1. The molecule has 0 aliphatic carbocycles. The first-order valence-electron chi connectivity index (χ1n) is 6.53. The standard InChI is InChI=1S/C14H16Cl3NO3/c1-2-21-18-6-7-19-12-5-3-4-11(8-12)13(10-20-13)9-14(15,16)17/h3-6,8H,2,7,9-10H2,1H3. The highest BCUT2D eigenvalue weighted by molar-refractivity contribution is 6.67. The van der Waals surface area contributed by atoms with Gasteiger partial charge >= 0.3 is 0 Å². The Morgan fingerprint density at radius 1 is 1.43 bits per heavy atom. The van der Waals surface area contributed by atoms with Gasteiger partial charge in [0, 0.05) is 6.42 Å². The molecular formula is C14H16Cl3NO3. The van der Waals surface area contributed by atoms with Crippen LogP contribution < -0.4 is 4.74 Å². The fourth-order valence-corrected chi connectivity index (χ4v) is 2.59. The predicted octanol–water partition coefficient (Wildman–Crippen LogP) is 4.07. The van der Waals surface area contributed by atoms with E-state index in [1.54, 1.807) is 6.21 Å². The van der Waals surface area contributed by atoms with Gasteiger partial charge in [-0.1, -0.05) is 52.1 Å². The van der Waals surface area contributed by atoms with Crippen LogP contribution in [0.1, 0.15) is 18.9 Å². The van der Waals surface area contributed by atoms with Crippen LogP contribution in [0.4, 0.5) is 0 Å². The van der Waals surface area contributed by atoms with Gasteiger partial charge in [-0.3, -0.25) is 0 Å². The average Bonchev–Trinajstić information content (AvgIpc) is 3.18. The largest absolute Gasteiger partial charge is 0.488 e.